The first kappa shape index (κ1) is 15.9. The third-order valence-corrected chi connectivity index (χ3v) is 3.62. The molecule has 1 heterocycles. The lowest BCUT2D eigenvalue weighted by Gasteiger charge is -2.22. The van der Waals surface area contributed by atoms with Crippen molar-refractivity contribution in [1.29, 1.82) is 0 Å². The second-order valence-corrected chi connectivity index (χ2v) is 5.32. The number of carboxylic acid groups (broad SMARTS) is 1. The minimum atomic E-state index is -1.15. The summed E-state index contributed by atoms with van der Waals surface area (Å²) >= 11 is 0. The van der Waals surface area contributed by atoms with Gasteiger partial charge in [-0.15, -0.1) is 0 Å². The number of carboxylic acids is 1. The van der Waals surface area contributed by atoms with E-state index in [9.17, 15) is 14.4 Å². The van der Waals surface area contributed by atoms with Gasteiger partial charge in [-0.3, -0.25) is 9.59 Å². The molecule has 0 unspecified atom stereocenters. The summed E-state index contributed by atoms with van der Waals surface area (Å²) in [6, 6.07) is 2.82. The highest BCUT2D eigenvalue weighted by molar-refractivity contribution is 5.96. The van der Waals surface area contributed by atoms with Gasteiger partial charge in [0, 0.05) is 12.2 Å². The van der Waals surface area contributed by atoms with Crippen LogP contribution in [0.1, 0.15) is 53.0 Å². The van der Waals surface area contributed by atoms with Gasteiger partial charge >= 0.3 is 5.97 Å². The molecule has 1 aliphatic rings. The fourth-order valence-corrected chi connectivity index (χ4v) is 2.44. The van der Waals surface area contributed by atoms with E-state index in [2.05, 4.69) is 15.6 Å². The monoisotopic (exact) mass is 305 g/mol. The summed E-state index contributed by atoms with van der Waals surface area (Å²) in [5.74, 6) is -1.82. The van der Waals surface area contributed by atoms with Gasteiger partial charge in [-0.2, -0.15) is 0 Å². The molecule has 7 nitrogen and oxygen atoms in total. The molecule has 0 atom stereocenters. The molecule has 1 aromatic rings. The number of hydrogen-bond acceptors (Lipinski definition) is 4. The zero-order chi connectivity index (χ0) is 15.9. The van der Waals surface area contributed by atoms with E-state index in [1.807, 2.05) is 0 Å². The van der Waals surface area contributed by atoms with Crippen molar-refractivity contribution in [2.24, 2.45) is 0 Å². The predicted octanol–water partition coefficient (Wildman–Crippen LogP) is 0.958. The van der Waals surface area contributed by atoms with Crippen molar-refractivity contribution in [1.82, 2.24) is 15.6 Å². The highest BCUT2D eigenvalue weighted by Crippen LogP contribution is 2.17. The minimum Gasteiger partial charge on any atom is -0.477 e. The van der Waals surface area contributed by atoms with Crippen LogP contribution in [0.15, 0.2) is 18.3 Å². The smallest absolute Gasteiger partial charge is 0.354 e. The van der Waals surface area contributed by atoms with Crippen LogP contribution in [-0.2, 0) is 4.79 Å². The first-order valence-corrected chi connectivity index (χ1v) is 7.33. The van der Waals surface area contributed by atoms with Gasteiger partial charge < -0.3 is 15.7 Å². The van der Waals surface area contributed by atoms with Crippen molar-refractivity contribution in [3.63, 3.8) is 0 Å². The van der Waals surface area contributed by atoms with Crippen LogP contribution in [0.3, 0.4) is 0 Å². The van der Waals surface area contributed by atoms with Crippen LogP contribution in [0, 0.1) is 0 Å². The van der Waals surface area contributed by atoms with Crippen molar-refractivity contribution >= 4 is 17.8 Å². The maximum atomic E-state index is 11.8. The number of carbonyl (C=O) groups excluding carboxylic acids is 2. The molecule has 0 aliphatic heterocycles. The Bertz CT molecular complexity index is 550. The Morgan fingerprint density at radius 2 is 1.91 bits per heavy atom. The fourth-order valence-electron chi connectivity index (χ4n) is 2.44. The van der Waals surface area contributed by atoms with Crippen LogP contribution in [0.25, 0.3) is 0 Å². The van der Waals surface area contributed by atoms with E-state index >= 15 is 0 Å². The van der Waals surface area contributed by atoms with Gasteiger partial charge in [-0.1, -0.05) is 19.3 Å². The Morgan fingerprint density at radius 3 is 2.50 bits per heavy atom. The van der Waals surface area contributed by atoms with Crippen LogP contribution in [0.5, 0.6) is 0 Å². The van der Waals surface area contributed by atoms with Crippen molar-refractivity contribution in [3.05, 3.63) is 29.6 Å². The van der Waals surface area contributed by atoms with Gasteiger partial charge in [0.2, 0.25) is 5.91 Å². The number of carbonyl (C=O) groups is 3. The molecule has 1 aliphatic carbocycles. The van der Waals surface area contributed by atoms with Gasteiger partial charge in [0.15, 0.2) is 0 Å². The number of rotatable bonds is 5. The molecule has 3 N–H and O–H groups in total. The Kier molecular flexibility index (Phi) is 5.46. The number of aromatic nitrogens is 1. The zero-order valence-corrected chi connectivity index (χ0v) is 12.2. The number of nitrogens with one attached hydrogen (secondary N) is 2. The summed E-state index contributed by atoms with van der Waals surface area (Å²) in [6.07, 6.45) is 6.61. The fraction of sp³-hybridized carbons (Fsp3) is 0.467. The minimum absolute atomic E-state index is 0.101. The Morgan fingerprint density at radius 1 is 1.18 bits per heavy atom. The molecule has 22 heavy (non-hydrogen) atoms. The maximum Gasteiger partial charge on any atom is 0.354 e. The molecule has 1 aromatic heterocycles. The van der Waals surface area contributed by atoms with Crippen molar-refractivity contribution in [2.75, 3.05) is 6.54 Å². The van der Waals surface area contributed by atoms with Crippen LogP contribution in [0.4, 0.5) is 0 Å². The summed E-state index contributed by atoms with van der Waals surface area (Å²) in [5, 5.41) is 14.1. The SMILES string of the molecule is O=C(CNC(=O)c1ccc(C(=O)O)nc1)NC1CCCCC1. The molecule has 2 rings (SSSR count). The van der Waals surface area contributed by atoms with Crippen molar-refractivity contribution in [3.8, 4) is 0 Å². The van der Waals surface area contributed by atoms with Gasteiger partial charge in [0.1, 0.15) is 5.69 Å². The summed E-state index contributed by atoms with van der Waals surface area (Å²) in [6.45, 7) is -0.101. The largest absolute Gasteiger partial charge is 0.477 e. The van der Waals surface area contributed by atoms with Crippen LogP contribution in [-0.4, -0.2) is 40.5 Å². The van der Waals surface area contributed by atoms with Crippen LogP contribution < -0.4 is 10.6 Å². The molecule has 2 amide bonds. The molecule has 118 valence electrons. The second kappa shape index (κ2) is 7.53. The van der Waals surface area contributed by atoms with Crippen LogP contribution >= 0.6 is 0 Å². The Balaban J connectivity index is 1.78. The highest BCUT2D eigenvalue weighted by atomic mass is 16.4. The number of aromatic carboxylic acids is 1. The summed E-state index contributed by atoms with van der Waals surface area (Å²) < 4.78 is 0. The average molecular weight is 305 g/mol. The van der Waals surface area contributed by atoms with E-state index in [0.29, 0.717) is 0 Å². The summed E-state index contributed by atoms with van der Waals surface area (Å²) in [5.41, 5.74) is 0.0852. The molecule has 1 saturated carbocycles. The van der Waals surface area contributed by atoms with Gasteiger partial charge in [-0.25, -0.2) is 9.78 Å². The first-order chi connectivity index (χ1) is 10.6. The topological polar surface area (TPSA) is 108 Å². The molecule has 0 saturated heterocycles. The van der Waals surface area contributed by atoms with E-state index in [1.165, 1.54) is 24.8 Å². The van der Waals surface area contributed by atoms with Gasteiger partial charge in [0.25, 0.3) is 5.91 Å². The molecule has 1 fully saturated rings. The molecular formula is C15H19N3O4. The van der Waals surface area contributed by atoms with Crippen molar-refractivity contribution < 1.29 is 19.5 Å². The standard InChI is InChI=1S/C15H19N3O4/c19-13(18-11-4-2-1-3-5-11)9-17-14(20)10-6-7-12(15(21)22)16-8-10/h6-8,11H,1-5,9H2,(H,17,20)(H,18,19)(H,21,22). The summed E-state index contributed by atoms with van der Waals surface area (Å²) in [4.78, 5) is 37.9. The van der Waals surface area contributed by atoms with Gasteiger partial charge in [-0.05, 0) is 25.0 Å². The van der Waals surface area contributed by atoms with Crippen molar-refractivity contribution in [2.45, 2.75) is 38.1 Å². The number of nitrogens with zero attached hydrogens (tertiary/aromatic N) is 1. The first-order valence-electron chi connectivity index (χ1n) is 7.33. The summed E-state index contributed by atoms with van der Waals surface area (Å²) in [7, 11) is 0. The number of hydrogen-bond donors (Lipinski definition) is 3. The van der Waals surface area contributed by atoms with E-state index in [1.54, 1.807) is 0 Å². The average Bonchev–Trinajstić information content (AvgIpc) is 2.53. The molecule has 7 heteroatoms. The molecule has 0 bridgehead atoms. The third kappa shape index (κ3) is 4.54. The highest BCUT2D eigenvalue weighted by Gasteiger charge is 2.16. The predicted molar refractivity (Wildman–Crippen MR) is 78.5 cm³/mol. The lowest BCUT2D eigenvalue weighted by molar-refractivity contribution is -0.121. The lowest BCUT2D eigenvalue weighted by atomic mass is 9.95. The Hall–Kier alpha value is -2.44. The van der Waals surface area contributed by atoms with Gasteiger partial charge in [0.05, 0.1) is 12.1 Å². The number of pyridine rings is 1. The second-order valence-electron chi connectivity index (χ2n) is 5.32. The van der Waals surface area contributed by atoms with E-state index in [-0.39, 0.29) is 29.8 Å². The van der Waals surface area contributed by atoms with E-state index in [4.69, 9.17) is 5.11 Å². The lowest BCUT2D eigenvalue weighted by Crippen LogP contribution is -2.42. The molecule has 0 spiro atoms. The normalized spacial score (nSPS) is 15.1. The van der Waals surface area contributed by atoms with Crippen LogP contribution in [0.2, 0.25) is 0 Å². The molecule has 0 aromatic carbocycles. The molecular weight excluding hydrogens is 286 g/mol. The third-order valence-electron chi connectivity index (χ3n) is 3.62. The maximum absolute atomic E-state index is 11.8. The van der Waals surface area contributed by atoms with E-state index < -0.39 is 11.9 Å². The zero-order valence-electron chi connectivity index (χ0n) is 12.2. The number of amides is 2. The Labute approximate surface area is 128 Å². The van der Waals surface area contributed by atoms with E-state index in [0.717, 1.165) is 25.7 Å². The quantitative estimate of drug-likeness (QED) is 0.751. The molecule has 0 radical (unpaired) electrons.